The van der Waals surface area contributed by atoms with Crippen molar-refractivity contribution in [2.24, 2.45) is 0 Å². The normalized spacial score (nSPS) is 24.5. The van der Waals surface area contributed by atoms with E-state index in [9.17, 15) is 4.79 Å². The van der Waals surface area contributed by atoms with Crippen LogP contribution in [0.5, 0.6) is 5.75 Å². The first-order valence-corrected chi connectivity index (χ1v) is 5.16. The van der Waals surface area contributed by atoms with Crippen LogP contribution in [0.15, 0.2) is 24.3 Å². The number of carbonyl (C=O) groups is 1. The molecule has 1 aromatic rings. The second kappa shape index (κ2) is 4.03. The van der Waals surface area contributed by atoms with Crippen LogP contribution in [0.3, 0.4) is 0 Å². The van der Waals surface area contributed by atoms with E-state index in [0.29, 0.717) is 12.4 Å². The molecule has 0 spiro atoms. The van der Waals surface area contributed by atoms with Gasteiger partial charge in [0.2, 0.25) is 0 Å². The molecule has 2 rings (SSSR count). The molecule has 1 aromatic carbocycles. The van der Waals surface area contributed by atoms with Crippen LogP contribution in [0.1, 0.15) is 25.3 Å². The second-order valence-electron chi connectivity index (χ2n) is 3.62. The summed E-state index contributed by atoms with van der Waals surface area (Å²) in [6.45, 7) is 4.38. The van der Waals surface area contributed by atoms with E-state index in [2.05, 4.69) is 0 Å². The van der Waals surface area contributed by atoms with Gasteiger partial charge in [-0.1, -0.05) is 25.1 Å². The molecule has 2 atom stereocenters. The van der Waals surface area contributed by atoms with Crippen molar-refractivity contribution in [1.29, 1.82) is 0 Å². The molecule has 0 saturated carbocycles. The smallest absolute Gasteiger partial charge is 0.341 e. The van der Waals surface area contributed by atoms with Gasteiger partial charge in [0.05, 0.1) is 0 Å². The lowest BCUT2D eigenvalue weighted by Gasteiger charge is -2.28. The average molecular weight is 206 g/mol. The van der Waals surface area contributed by atoms with E-state index in [4.69, 9.17) is 9.47 Å². The van der Waals surface area contributed by atoms with Gasteiger partial charge in [0.15, 0.2) is 6.10 Å². The second-order valence-corrected chi connectivity index (χ2v) is 3.62. The van der Waals surface area contributed by atoms with Crippen LogP contribution in [-0.4, -0.2) is 18.7 Å². The Morgan fingerprint density at radius 3 is 2.87 bits per heavy atom. The molecule has 0 aliphatic carbocycles. The number of hydrogen-bond donors (Lipinski definition) is 0. The molecular formula is C12H14O3. The maximum absolute atomic E-state index is 11.6. The zero-order chi connectivity index (χ0) is 10.8. The Labute approximate surface area is 89.0 Å². The topological polar surface area (TPSA) is 35.5 Å². The van der Waals surface area contributed by atoms with E-state index >= 15 is 0 Å². The number of carbonyl (C=O) groups excluding carboxylic acids is 1. The Hall–Kier alpha value is -1.35. The zero-order valence-electron chi connectivity index (χ0n) is 8.90. The predicted molar refractivity (Wildman–Crippen MR) is 55.9 cm³/mol. The van der Waals surface area contributed by atoms with Gasteiger partial charge < -0.3 is 9.47 Å². The van der Waals surface area contributed by atoms with E-state index in [1.807, 2.05) is 38.1 Å². The highest BCUT2D eigenvalue weighted by atomic mass is 16.6. The summed E-state index contributed by atoms with van der Waals surface area (Å²) in [4.78, 5) is 11.6. The van der Waals surface area contributed by atoms with E-state index in [0.717, 1.165) is 5.56 Å². The molecule has 15 heavy (non-hydrogen) atoms. The summed E-state index contributed by atoms with van der Waals surface area (Å²) in [5.74, 6) is 0.427. The van der Waals surface area contributed by atoms with E-state index in [1.54, 1.807) is 0 Å². The molecule has 1 aliphatic rings. The third kappa shape index (κ3) is 1.75. The van der Waals surface area contributed by atoms with Crippen LogP contribution in [0.4, 0.5) is 0 Å². The molecule has 1 aliphatic heterocycles. The molecule has 0 radical (unpaired) electrons. The van der Waals surface area contributed by atoms with Crippen molar-refractivity contribution in [3.05, 3.63) is 29.8 Å². The minimum Gasteiger partial charge on any atom is -0.424 e. The summed E-state index contributed by atoms with van der Waals surface area (Å²) in [5, 5.41) is 0. The number of hydrogen-bond acceptors (Lipinski definition) is 3. The molecule has 0 fully saturated rings. The summed E-state index contributed by atoms with van der Waals surface area (Å²) in [5.41, 5.74) is 1.04. The van der Waals surface area contributed by atoms with Gasteiger partial charge in [0.25, 0.3) is 0 Å². The molecule has 3 heteroatoms. The van der Waals surface area contributed by atoms with Crippen LogP contribution in [0.2, 0.25) is 0 Å². The first-order chi connectivity index (χ1) is 7.24. The SMILES string of the molecule is CCOC1C(=O)Oc2ccccc2C1C. The molecule has 80 valence electrons. The number of esters is 1. The summed E-state index contributed by atoms with van der Waals surface area (Å²) >= 11 is 0. The van der Waals surface area contributed by atoms with E-state index < -0.39 is 6.10 Å². The molecule has 0 bridgehead atoms. The van der Waals surface area contributed by atoms with Crippen LogP contribution in [0, 0.1) is 0 Å². The predicted octanol–water partition coefficient (Wildman–Crippen LogP) is 2.11. The monoisotopic (exact) mass is 206 g/mol. The lowest BCUT2D eigenvalue weighted by atomic mass is 9.92. The minimum absolute atomic E-state index is 0.0578. The van der Waals surface area contributed by atoms with Gasteiger partial charge in [-0.05, 0) is 13.0 Å². The van der Waals surface area contributed by atoms with Gasteiger partial charge in [-0.25, -0.2) is 4.79 Å². The quantitative estimate of drug-likeness (QED) is 0.549. The zero-order valence-corrected chi connectivity index (χ0v) is 8.90. The van der Waals surface area contributed by atoms with Crippen LogP contribution in [-0.2, 0) is 9.53 Å². The maximum atomic E-state index is 11.6. The largest absolute Gasteiger partial charge is 0.424 e. The average Bonchev–Trinajstić information content (AvgIpc) is 2.24. The van der Waals surface area contributed by atoms with Gasteiger partial charge in [-0.3, -0.25) is 0 Å². The van der Waals surface area contributed by atoms with Crippen molar-refractivity contribution in [3.63, 3.8) is 0 Å². The molecule has 1 heterocycles. The number of benzene rings is 1. The summed E-state index contributed by atoms with van der Waals surface area (Å²) in [7, 11) is 0. The van der Waals surface area contributed by atoms with Gasteiger partial charge in [0.1, 0.15) is 5.75 Å². The van der Waals surface area contributed by atoms with Crippen molar-refractivity contribution >= 4 is 5.97 Å². The molecule has 3 nitrogen and oxygen atoms in total. The summed E-state index contributed by atoms with van der Waals surface area (Å²) in [6, 6.07) is 7.59. The fraction of sp³-hybridized carbons (Fsp3) is 0.417. The highest BCUT2D eigenvalue weighted by Gasteiger charge is 2.35. The molecule has 0 N–H and O–H groups in total. The third-order valence-corrected chi connectivity index (χ3v) is 2.65. The molecule has 0 saturated heterocycles. The number of rotatable bonds is 2. The minimum atomic E-state index is -0.468. The Kier molecular flexibility index (Phi) is 2.73. The summed E-state index contributed by atoms with van der Waals surface area (Å²) < 4.78 is 10.6. The number of ether oxygens (including phenoxy) is 2. The molecule has 0 aromatic heterocycles. The van der Waals surface area contributed by atoms with E-state index in [1.165, 1.54) is 0 Å². The van der Waals surface area contributed by atoms with Crippen molar-refractivity contribution in [1.82, 2.24) is 0 Å². The number of fused-ring (bicyclic) bond motifs is 1. The summed E-state index contributed by atoms with van der Waals surface area (Å²) in [6.07, 6.45) is -0.468. The van der Waals surface area contributed by atoms with Crippen molar-refractivity contribution in [2.45, 2.75) is 25.9 Å². The first kappa shape index (κ1) is 10.2. The molecular weight excluding hydrogens is 192 g/mol. The van der Waals surface area contributed by atoms with Crippen molar-refractivity contribution < 1.29 is 14.3 Å². The van der Waals surface area contributed by atoms with Gasteiger partial charge in [-0.2, -0.15) is 0 Å². The lowest BCUT2D eigenvalue weighted by Crippen LogP contribution is -2.37. The van der Waals surface area contributed by atoms with Crippen LogP contribution in [0.25, 0.3) is 0 Å². The van der Waals surface area contributed by atoms with Crippen LogP contribution < -0.4 is 4.74 Å². The Morgan fingerprint density at radius 1 is 1.40 bits per heavy atom. The van der Waals surface area contributed by atoms with Gasteiger partial charge >= 0.3 is 5.97 Å². The third-order valence-electron chi connectivity index (χ3n) is 2.65. The highest BCUT2D eigenvalue weighted by Crippen LogP contribution is 2.34. The van der Waals surface area contributed by atoms with Gasteiger partial charge in [0, 0.05) is 18.1 Å². The fourth-order valence-corrected chi connectivity index (χ4v) is 1.88. The molecule has 2 unspecified atom stereocenters. The van der Waals surface area contributed by atoms with Crippen molar-refractivity contribution in [2.75, 3.05) is 6.61 Å². The van der Waals surface area contributed by atoms with Crippen molar-refractivity contribution in [3.8, 4) is 5.75 Å². The van der Waals surface area contributed by atoms with Crippen LogP contribution >= 0.6 is 0 Å². The van der Waals surface area contributed by atoms with E-state index in [-0.39, 0.29) is 11.9 Å². The Morgan fingerprint density at radius 2 is 2.13 bits per heavy atom. The fourth-order valence-electron chi connectivity index (χ4n) is 1.88. The first-order valence-electron chi connectivity index (χ1n) is 5.16. The standard InChI is InChI=1S/C12H14O3/c1-3-14-11-8(2)9-6-4-5-7-10(9)15-12(11)13/h4-8,11H,3H2,1-2H3. The molecule has 0 amide bonds. The Balaban J connectivity index is 2.34. The van der Waals surface area contributed by atoms with Gasteiger partial charge in [-0.15, -0.1) is 0 Å². The lowest BCUT2D eigenvalue weighted by molar-refractivity contribution is -0.150. The highest BCUT2D eigenvalue weighted by molar-refractivity contribution is 5.81. The maximum Gasteiger partial charge on any atom is 0.341 e. The number of para-hydroxylation sites is 1. The Bertz CT molecular complexity index is 373.